The van der Waals surface area contributed by atoms with Gasteiger partial charge in [-0.2, -0.15) is 0 Å². The van der Waals surface area contributed by atoms with Crippen molar-refractivity contribution in [2.45, 2.75) is 4.90 Å². The lowest BCUT2D eigenvalue weighted by Gasteiger charge is -2.08. The molecule has 0 atom stereocenters. The number of hydrogen-bond donors (Lipinski definition) is 2. The van der Waals surface area contributed by atoms with Crippen LogP contribution in [0.25, 0.3) is 0 Å². The molecule has 0 amide bonds. The van der Waals surface area contributed by atoms with E-state index in [2.05, 4.69) is 9.71 Å². The maximum absolute atomic E-state index is 12.0. The van der Waals surface area contributed by atoms with Gasteiger partial charge in [0.2, 0.25) is 5.56 Å². The van der Waals surface area contributed by atoms with Crippen LogP contribution in [0.15, 0.2) is 46.2 Å². The molecule has 10 heteroatoms. The zero-order valence-electron chi connectivity index (χ0n) is 10.2. The molecule has 2 rings (SSSR count). The number of benzene rings is 1. The first-order chi connectivity index (χ1) is 9.79. The third-order valence-electron chi connectivity index (χ3n) is 2.46. The number of rotatable bonds is 4. The summed E-state index contributed by atoms with van der Waals surface area (Å²) in [5, 5.41) is 10.4. The number of nitro benzene ring substituents is 1. The van der Waals surface area contributed by atoms with Gasteiger partial charge in [-0.05, 0) is 18.2 Å². The van der Waals surface area contributed by atoms with E-state index in [1.54, 1.807) is 0 Å². The minimum atomic E-state index is -3.93. The van der Waals surface area contributed by atoms with Gasteiger partial charge in [0.1, 0.15) is 9.92 Å². The second-order valence-electron chi connectivity index (χ2n) is 3.92. The number of nitro groups is 1. The van der Waals surface area contributed by atoms with Gasteiger partial charge in [-0.1, -0.05) is 11.6 Å². The quantitative estimate of drug-likeness (QED) is 0.653. The van der Waals surface area contributed by atoms with E-state index in [1.807, 2.05) is 0 Å². The van der Waals surface area contributed by atoms with E-state index in [9.17, 15) is 23.3 Å². The Morgan fingerprint density at radius 2 is 1.95 bits per heavy atom. The van der Waals surface area contributed by atoms with Crippen LogP contribution in [-0.2, 0) is 10.0 Å². The first-order valence-electron chi connectivity index (χ1n) is 5.45. The number of aromatic amines is 1. The van der Waals surface area contributed by atoms with Gasteiger partial charge in [0.15, 0.2) is 0 Å². The van der Waals surface area contributed by atoms with Crippen LogP contribution in [-0.4, -0.2) is 18.3 Å². The highest BCUT2D eigenvalue weighted by Gasteiger charge is 2.17. The average Bonchev–Trinajstić information content (AvgIpc) is 2.38. The molecule has 0 aliphatic rings. The minimum absolute atomic E-state index is 0.0665. The predicted molar refractivity (Wildman–Crippen MR) is 76.0 cm³/mol. The van der Waals surface area contributed by atoms with Crippen LogP contribution in [0.2, 0.25) is 5.02 Å². The Hall–Kier alpha value is -2.39. The Morgan fingerprint density at radius 1 is 1.24 bits per heavy atom. The maximum Gasteiger partial charge on any atom is 0.288 e. The van der Waals surface area contributed by atoms with Gasteiger partial charge >= 0.3 is 0 Å². The van der Waals surface area contributed by atoms with Crippen molar-refractivity contribution in [1.82, 2.24) is 4.98 Å². The number of nitrogens with zero attached hydrogens (tertiary/aromatic N) is 1. The Labute approximate surface area is 123 Å². The summed E-state index contributed by atoms with van der Waals surface area (Å²) in [6, 6.07) is 5.63. The van der Waals surface area contributed by atoms with Crippen LogP contribution in [0.4, 0.5) is 11.4 Å². The molecule has 0 spiro atoms. The van der Waals surface area contributed by atoms with Gasteiger partial charge in [0, 0.05) is 18.3 Å². The van der Waals surface area contributed by atoms with Crippen molar-refractivity contribution in [2.24, 2.45) is 0 Å². The SMILES string of the molecule is O=c1ccc(S(=O)(=O)Nc2ccc([N+](=O)[O-])c(Cl)c2)c[nH]1. The number of anilines is 1. The molecule has 0 aliphatic heterocycles. The van der Waals surface area contributed by atoms with Crippen molar-refractivity contribution in [3.8, 4) is 0 Å². The lowest BCUT2D eigenvalue weighted by atomic mass is 10.3. The van der Waals surface area contributed by atoms with Crippen LogP contribution >= 0.6 is 11.6 Å². The average molecular weight is 330 g/mol. The third kappa shape index (κ3) is 3.38. The summed E-state index contributed by atoms with van der Waals surface area (Å²) in [6.07, 6.45) is 1.04. The summed E-state index contributed by atoms with van der Waals surface area (Å²) in [5.74, 6) is 0. The normalized spacial score (nSPS) is 11.1. The molecule has 0 saturated carbocycles. The molecule has 1 aromatic carbocycles. The van der Waals surface area contributed by atoms with Gasteiger partial charge < -0.3 is 4.98 Å². The van der Waals surface area contributed by atoms with Gasteiger partial charge in [-0.3, -0.25) is 19.6 Å². The number of H-pyrrole nitrogens is 1. The number of halogens is 1. The summed E-state index contributed by atoms with van der Waals surface area (Å²) in [7, 11) is -3.93. The molecule has 0 unspecified atom stereocenters. The first-order valence-corrected chi connectivity index (χ1v) is 7.31. The molecule has 1 heterocycles. The fourth-order valence-electron chi connectivity index (χ4n) is 1.50. The van der Waals surface area contributed by atoms with Crippen molar-refractivity contribution in [3.63, 3.8) is 0 Å². The Bertz CT molecular complexity index is 842. The number of sulfonamides is 1. The fourth-order valence-corrected chi connectivity index (χ4v) is 2.76. The van der Waals surface area contributed by atoms with E-state index in [0.717, 1.165) is 30.5 Å². The molecular weight excluding hydrogens is 322 g/mol. The highest BCUT2D eigenvalue weighted by molar-refractivity contribution is 7.92. The summed E-state index contributed by atoms with van der Waals surface area (Å²) in [6.45, 7) is 0. The lowest BCUT2D eigenvalue weighted by Crippen LogP contribution is -2.15. The van der Waals surface area contributed by atoms with E-state index < -0.39 is 20.5 Å². The molecule has 1 aromatic heterocycles. The second-order valence-corrected chi connectivity index (χ2v) is 6.01. The van der Waals surface area contributed by atoms with Gasteiger partial charge in [0.25, 0.3) is 15.7 Å². The highest BCUT2D eigenvalue weighted by atomic mass is 35.5. The van der Waals surface area contributed by atoms with E-state index >= 15 is 0 Å². The monoisotopic (exact) mass is 329 g/mol. The largest absolute Gasteiger partial charge is 0.328 e. The number of nitrogens with one attached hydrogen (secondary N) is 2. The molecule has 2 aromatic rings. The van der Waals surface area contributed by atoms with E-state index in [0.29, 0.717) is 0 Å². The number of aromatic nitrogens is 1. The smallest absolute Gasteiger partial charge is 0.288 e. The van der Waals surface area contributed by atoms with E-state index in [4.69, 9.17) is 11.6 Å². The number of hydrogen-bond acceptors (Lipinski definition) is 5. The van der Waals surface area contributed by atoms with Crippen molar-refractivity contribution in [3.05, 3.63) is 62.0 Å². The van der Waals surface area contributed by atoms with E-state index in [1.165, 1.54) is 6.07 Å². The van der Waals surface area contributed by atoms with Crippen LogP contribution in [0, 0.1) is 10.1 Å². The Balaban J connectivity index is 2.33. The van der Waals surface area contributed by atoms with Crippen molar-refractivity contribution in [1.29, 1.82) is 0 Å². The van der Waals surface area contributed by atoms with Gasteiger partial charge in [0.05, 0.1) is 10.6 Å². The summed E-state index contributed by atoms with van der Waals surface area (Å²) in [4.78, 5) is 22.9. The highest BCUT2D eigenvalue weighted by Crippen LogP contribution is 2.28. The summed E-state index contributed by atoms with van der Waals surface area (Å²) in [5.41, 5.74) is -0.701. The minimum Gasteiger partial charge on any atom is -0.328 e. The standard InChI is InChI=1S/C11H8ClN3O5S/c12-9-5-7(1-3-10(9)15(17)18)14-21(19,20)8-2-4-11(16)13-6-8/h1-6,14H,(H,13,16). The van der Waals surface area contributed by atoms with Crippen LogP contribution in [0.1, 0.15) is 0 Å². The first kappa shape index (κ1) is 15.0. The molecule has 0 fully saturated rings. The Kier molecular flexibility index (Phi) is 3.96. The molecule has 21 heavy (non-hydrogen) atoms. The molecule has 0 radical (unpaired) electrons. The molecule has 110 valence electrons. The van der Waals surface area contributed by atoms with Crippen LogP contribution in [0.3, 0.4) is 0 Å². The molecule has 8 nitrogen and oxygen atoms in total. The zero-order valence-corrected chi connectivity index (χ0v) is 11.8. The van der Waals surface area contributed by atoms with Crippen molar-refractivity contribution in [2.75, 3.05) is 4.72 Å². The summed E-state index contributed by atoms with van der Waals surface area (Å²) >= 11 is 5.70. The second kappa shape index (κ2) is 5.54. The van der Waals surface area contributed by atoms with Gasteiger partial charge in [-0.15, -0.1) is 0 Å². The molecule has 0 aliphatic carbocycles. The molecule has 0 bridgehead atoms. The fraction of sp³-hybridized carbons (Fsp3) is 0. The van der Waals surface area contributed by atoms with Crippen LogP contribution in [0.5, 0.6) is 0 Å². The van der Waals surface area contributed by atoms with Crippen LogP contribution < -0.4 is 10.3 Å². The van der Waals surface area contributed by atoms with Crippen molar-refractivity contribution < 1.29 is 13.3 Å². The summed E-state index contributed by atoms with van der Waals surface area (Å²) < 4.78 is 26.3. The topological polar surface area (TPSA) is 122 Å². The lowest BCUT2D eigenvalue weighted by molar-refractivity contribution is -0.384. The van der Waals surface area contributed by atoms with Gasteiger partial charge in [-0.25, -0.2) is 8.42 Å². The predicted octanol–water partition coefficient (Wildman–Crippen LogP) is 1.74. The van der Waals surface area contributed by atoms with E-state index in [-0.39, 0.29) is 21.3 Å². The van der Waals surface area contributed by atoms with Crippen molar-refractivity contribution >= 4 is 33.0 Å². The number of pyridine rings is 1. The molecular formula is C11H8ClN3O5S. The zero-order chi connectivity index (χ0) is 15.6. The maximum atomic E-state index is 12.0. The third-order valence-corrected chi connectivity index (χ3v) is 4.14. The molecule has 2 N–H and O–H groups in total. The molecule has 0 saturated heterocycles. The Morgan fingerprint density at radius 3 is 2.48 bits per heavy atom.